The molecule has 0 fully saturated rings. The Balaban J connectivity index is 2.49. The zero-order valence-electron chi connectivity index (χ0n) is 9.86. The van der Waals surface area contributed by atoms with Gasteiger partial charge >= 0.3 is 0 Å². The SMILES string of the molecule is CN(C)CCC(=O)Nc1cccc(CN)c1. The molecule has 0 radical (unpaired) electrons. The molecule has 1 amide bonds. The van der Waals surface area contributed by atoms with Crippen LogP contribution in [0.5, 0.6) is 0 Å². The van der Waals surface area contributed by atoms with Crippen LogP contribution in [0, 0.1) is 0 Å². The summed E-state index contributed by atoms with van der Waals surface area (Å²) in [5.41, 5.74) is 7.36. The lowest BCUT2D eigenvalue weighted by Gasteiger charge is -2.10. The van der Waals surface area contributed by atoms with Gasteiger partial charge in [0.05, 0.1) is 0 Å². The van der Waals surface area contributed by atoms with Crippen LogP contribution < -0.4 is 11.1 Å². The number of nitrogens with zero attached hydrogens (tertiary/aromatic N) is 1. The molecule has 0 saturated heterocycles. The zero-order valence-corrected chi connectivity index (χ0v) is 9.86. The van der Waals surface area contributed by atoms with E-state index in [0.29, 0.717) is 13.0 Å². The molecule has 0 aromatic heterocycles. The van der Waals surface area contributed by atoms with Gasteiger partial charge in [-0.2, -0.15) is 0 Å². The van der Waals surface area contributed by atoms with Gasteiger partial charge in [0.15, 0.2) is 0 Å². The van der Waals surface area contributed by atoms with E-state index in [9.17, 15) is 4.79 Å². The second kappa shape index (κ2) is 6.25. The maximum atomic E-state index is 11.5. The molecular weight excluding hydrogens is 202 g/mol. The number of carbonyl (C=O) groups is 1. The topological polar surface area (TPSA) is 58.4 Å². The van der Waals surface area contributed by atoms with Crippen molar-refractivity contribution in [3.05, 3.63) is 29.8 Å². The van der Waals surface area contributed by atoms with Gasteiger partial charge in [0, 0.05) is 25.2 Å². The molecule has 4 nitrogen and oxygen atoms in total. The van der Waals surface area contributed by atoms with Crippen molar-refractivity contribution < 1.29 is 4.79 Å². The number of rotatable bonds is 5. The zero-order chi connectivity index (χ0) is 12.0. The summed E-state index contributed by atoms with van der Waals surface area (Å²) in [5, 5.41) is 2.85. The van der Waals surface area contributed by atoms with Crippen LogP contribution in [-0.2, 0) is 11.3 Å². The Hall–Kier alpha value is -1.39. The van der Waals surface area contributed by atoms with Gasteiger partial charge < -0.3 is 16.0 Å². The number of carbonyl (C=O) groups excluding carboxylic acids is 1. The molecule has 0 aliphatic heterocycles. The smallest absolute Gasteiger partial charge is 0.225 e. The number of nitrogens with two attached hydrogens (primary N) is 1. The second-order valence-electron chi connectivity index (χ2n) is 4.01. The first-order valence-electron chi connectivity index (χ1n) is 5.35. The van der Waals surface area contributed by atoms with Crippen molar-refractivity contribution in [2.24, 2.45) is 5.73 Å². The van der Waals surface area contributed by atoms with E-state index >= 15 is 0 Å². The van der Waals surface area contributed by atoms with Crippen LogP contribution in [0.15, 0.2) is 24.3 Å². The maximum absolute atomic E-state index is 11.5. The Morgan fingerprint density at radius 1 is 1.44 bits per heavy atom. The van der Waals surface area contributed by atoms with Gasteiger partial charge in [0.25, 0.3) is 0 Å². The van der Waals surface area contributed by atoms with Crippen LogP contribution >= 0.6 is 0 Å². The van der Waals surface area contributed by atoms with Crippen LogP contribution in [0.3, 0.4) is 0 Å². The van der Waals surface area contributed by atoms with Gasteiger partial charge in [0.1, 0.15) is 0 Å². The van der Waals surface area contributed by atoms with Crippen LogP contribution in [0.2, 0.25) is 0 Å². The highest BCUT2D eigenvalue weighted by Gasteiger charge is 2.03. The third-order valence-corrected chi connectivity index (χ3v) is 2.23. The normalized spacial score (nSPS) is 10.5. The van der Waals surface area contributed by atoms with Crippen molar-refractivity contribution in [1.29, 1.82) is 0 Å². The number of benzene rings is 1. The Labute approximate surface area is 96.4 Å². The van der Waals surface area contributed by atoms with Crippen LogP contribution in [0.4, 0.5) is 5.69 Å². The fourth-order valence-electron chi connectivity index (χ4n) is 1.32. The summed E-state index contributed by atoms with van der Waals surface area (Å²) in [5.74, 6) is 0.0304. The molecule has 0 bridgehead atoms. The van der Waals surface area contributed by atoms with Crippen LogP contribution in [-0.4, -0.2) is 31.4 Å². The molecule has 0 unspecified atom stereocenters. The molecule has 0 heterocycles. The summed E-state index contributed by atoms with van der Waals surface area (Å²) < 4.78 is 0. The summed E-state index contributed by atoms with van der Waals surface area (Å²) in [7, 11) is 3.89. The summed E-state index contributed by atoms with van der Waals surface area (Å²) in [6.45, 7) is 1.24. The van der Waals surface area contributed by atoms with Crippen molar-refractivity contribution in [3.8, 4) is 0 Å². The van der Waals surface area contributed by atoms with Gasteiger partial charge in [-0.1, -0.05) is 12.1 Å². The predicted octanol–water partition coefficient (Wildman–Crippen LogP) is 1.04. The van der Waals surface area contributed by atoms with E-state index in [1.807, 2.05) is 43.3 Å². The van der Waals surface area contributed by atoms with Gasteiger partial charge in [-0.25, -0.2) is 0 Å². The van der Waals surface area contributed by atoms with Crippen molar-refractivity contribution in [3.63, 3.8) is 0 Å². The average Bonchev–Trinajstić information content (AvgIpc) is 2.26. The molecule has 0 aliphatic rings. The number of amides is 1. The van der Waals surface area contributed by atoms with Crippen molar-refractivity contribution >= 4 is 11.6 Å². The molecule has 16 heavy (non-hydrogen) atoms. The summed E-state index contributed by atoms with van der Waals surface area (Å²) in [4.78, 5) is 13.5. The van der Waals surface area contributed by atoms with Crippen molar-refractivity contribution in [1.82, 2.24) is 4.90 Å². The molecule has 1 rings (SSSR count). The quantitative estimate of drug-likeness (QED) is 0.781. The minimum Gasteiger partial charge on any atom is -0.326 e. The molecule has 1 aromatic carbocycles. The summed E-state index contributed by atoms with van der Waals surface area (Å²) in [6, 6.07) is 7.60. The van der Waals surface area contributed by atoms with Gasteiger partial charge in [0.2, 0.25) is 5.91 Å². The first kappa shape index (κ1) is 12.7. The van der Waals surface area contributed by atoms with Crippen molar-refractivity contribution in [2.45, 2.75) is 13.0 Å². The van der Waals surface area contributed by atoms with E-state index in [4.69, 9.17) is 5.73 Å². The van der Waals surface area contributed by atoms with E-state index in [-0.39, 0.29) is 5.91 Å². The molecule has 4 heteroatoms. The molecule has 0 atom stereocenters. The molecule has 1 aromatic rings. The lowest BCUT2D eigenvalue weighted by atomic mass is 10.2. The maximum Gasteiger partial charge on any atom is 0.225 e. The molecule has 0 aliphatic carbocycles. The first-order chi connectivity index (χ1) is 7.61. The molecular formula is C12H19N3O. The van der Waals surface area contributed by atoms with E-state index in [0.717, 1.165) is 17.8 Å². The fraction of sp³-hybridized carbons (Fsp3) is 0.417. The van der Waals surface area contributed by atoms with Gasteiger partial charge in [-0.15, -0.1) is 0 Å². The molecule has 3 N–H and O–H groups in total. The summed E-state index contributed by atoms with van der Waals surface area (Å²) >= 11 is 0. The monoisotopic (exact) mass is 221 g/mol. The number of hydrogen-bond acceptors (Lipinski definition) is 3. The minimum atomic E-state index is 0.0304. The lowest BCUT2D eigenvalue weighted by Crippen LogP contribution is -2.20. The van der Waals surface area contributed by atoms with E-state index < -0.39 is 0 Å². The van der Waals surface area contributed by atoms with Crippen LogP contribution in [0.25, 0.3) is 0 Å². The minimum absolute atomic E-state index is 0.0304. The van der Waals surface area contributed by atoms with E-state index in [2.05, 4.69) is 5.32 Å². The van der Waals surface area contributed by atoms with Crippen LogP contribution in [0.1, 0.15) is 12.0 Å². The van der Waals surface area contributed by atoms with Crippen molar-refractivity contribution in [2.75, 3.05) is 26.0 Å². The highest BCUT2D eigenvalue weighted by molar-refractivity contribution is 5.90. The number of nitrogens with one attached hydrogen (secondary N) is 1. The Morgan fingerprint density at radius 3 is 2.81 bits per heavy atom. The van der Waals surface area contributed by atoms with E-state index in [1.54, 1.807) is 0 Å². The van der Waals surface area contributed by atoms with Gasteiger partial charge in [-0.05, 0) is 31.8 Å². The third kappa shape index (κ3) is 4.42. The Morgan fingerprint density at radius 2 is 2.19 bits per heavy atom. The largest absolute Gasteiger partial charge is 0.326 e. The van der Waals surface area contributed by atoms with Gasteiger partial charge in [-0.3, -0.25) is 4.79 Å². The highest BCUT2D eigenvalue weighted by atomic mass is 16.1. The number of hydrogen-bond donors (Lipinski definition) is 2. The second-order valence-corrected chi connectivity index (χ2v) is 4.01. The first-order valence-corrected chi connectivity index (χ1v) is 5.35. The Bertz CT molecular complexity index is 350. The predicted molar refractivity (Wildman–Crippen MR) is 66.1 cm³/mol. The molecule has 0 saturated carbocycles. The average molecular weight is 221 g/mol. The lowest BCUT2D eigenvalue weighted by molar-refractivity contribution is -0.116. The highest BCUT2D eigenvalue weighted by Crippen LogP contribution is 2.10. The molecule has 88 valence electrons. The Kier molecular flexibility index (Phi) is 4.95. The summed E-state index contributed by atoms with van der Waals surface area (Å²) in [6.07, 6.45) is 0.500. The van der Waals surface area contributed by atoms with E-state index in [1.165, 1.54) is 0 Å². The fourth-order valence-corrected chi connectivity index (χ4v) is 1.32. The molecule has 0 spiro atoms. The standard InChI is InChI=1S/C12H19N3O/c1-15(2)7-6-12(16)14-11-5-3-4-10(8-11)9-13/h3-5,8H,6-7,9,13H2,1-2H3,(H,14,16). The third-order valence-electron chi connectivity index (χ3n) is 2.23. The number of anilines is 1.